The molecule has 0 aliphatic carbocycles. The van der Waals surface area contributed by atoms with E-state index < -0.39 is 0 Å². The lowest BCUT2D eigenvalue weighted by Crippen LogP contribution is -2.33. The van der Waals surface area contributed by atoms with Crippen LogP contribution < -0.4 is 21.9 Å². The van der Waals surface area contributed by atoms with Gasteiger partial charge in [0.15, 0.2) is 0 Å². The van der Waals surface area contributed by atoms with Crippen LogP contribution in [0.4, 0.5) is 0 Å². The number of benzene rings is 2. The van der Waals surface area contributed by atoms with Crippen molar-refractivity contribution >= 4 is 0 Å². The molecule has 2 aromatic carbocycles. The van der Waals surface area contributed by atoms with E-state index in [0.717, 1.165) is 29.8 Å². The average molecular weight is 308 g/mol. The summed E-state index contributed by atoms with van der Waals surface area (Å²) in [4.78, 5) is 2.21. The first-order valence-corrected chi connectivity index (χ1v) is 7.53. The maximum atomic E-state index is 9.18. The van der Waals surface area contributed by atoms with Crippen molar-refractivity contribution in [3.05, 3.63) is 70.8 Å². The molecular formula is C17H20N6. The monoisotopic (exact) mass is 308 g/mol. The van der Waals surface area contributed by atoms with E-state index in [0.29, 0.717) is 0 Å². The predicted octanol–water partition coefficient (Wildman–Crippen LogP) is 1.31. The lowest BCUT2D eigenvalue weighted by atomic mass is 10.1. The van der Waals surface area contributed by atoms with Crippen LogP contribution in [0, 0.1) is 11.3 Å². The summed E-state index contributed by atoms with van der Waals surface area (Å²) >= 11 is 0. The topological polar surface area (TPSA) is 75.2 Å². The van der Waals surface area contributed by atoms with Crippen molar-refractivity contribution in [1.82, 2.24) is 26.8 Å². The van der Waals surface area contributed by atoms with Gasteiger partial charge in [-0.3, -0.25) is 4.90 Å². The second-order valence-corrected chi connectivity index (χ2v) is 5.66. The summed E-state index contributed by atoms with van der Waals surface area (Å²) in [6, 6.07) is 18.4. The van der Waals surface area contributed by atoms with E-state index in [1.165, 1.54) is 5.56 Å². The Kier molecular flexibility index (Phi) is 4.98. The number of nitriles is 1. The molecule has 1 aliphatic heterocycles. The molecule has 4 N–H and O–H groups in total. The van der Waals surface area contributed by atoms with Gasteiger partial charge in [-0.15, -0.1) is 0 Å². The van der Waals surface area contributed by atoms with Crippen molar-refractivity contribution in [2.45, 2.75) is 19.3 Å². The molecule has 1 fully saturated rings. The standard InChI is InChI=1S/C17H20N6/c1-23(12-16-7-3-2-6-15(16)10-18)11-13-5-4-8-14(9-13)17-19-21-22-20-17/h2-9,17,19-22H,11-12H2,1H3. The fourth-order valence-corrected chi connectivity index (χ4v) is 2.72. The molecule has 6 heteroatoms. The van der Waals surface area contributed by atoms with E-state index in [1.807, 2.05) is 24.3 Å². The highest BCUT2D eigenvalue weighted by atomic mass is 15.8. The molecule has 1 saturated heterocycles. The van der Waals surface area contributed by atoms with Gasteiger partial charge in [0.25, 0.3) is 0 Å². The van der Waals surface area contributed by atoms with Crippen molar-refractivity contribution < 1.29 is 0 Å². The Morgan fingerprint density at radius 3 is 2.61 bits per heavy atom. The molecule has 0 amide bonds. The highest BCUT2D eigenvalue weighted by Gasteiger charge is 2.15. The van der Waals surface area contributed by atoms with Crippen LogP contribution in [0.2, 0.25) is 0 Å². The molecule has 118 valence electrons. The maximum absolute atomic E-state index is 9.18. The molecule has 3 rings (SSSR count). The van der Waals surface area contributed by atoms with Gasteiger partial charge in [0.2, 0.25) is 0 Å². The Balaban J connectivity index is 1.67. The van der Waals surface area contributed by atoms with E-state index in [4.69, 9.17) is 0 Å². The number of rotatable bonds is 5. The minimum Gasteiger partial charge on any atom is -0.298 e. The number of nitrogens with zero attached hydrogens (tertiary/aromatic N) is 2. The zero-order chi connectivity index (χ0) is 16.1. The van der Waals surface area contributed by atoms with Crippen LogP contribution in [0.1, 0.15) is 28.4 Å². The molecule has 23 heavy (non-hydrogen) atoms. The molecule has 0 spiro atoms. The predicted molar refractivity (Wildman–Crippen MR) is 88.1 cm³/mol. The fraction of sp³-hybridized carbons (Fsp3) is 0.235. The Morgan fingerprint density at radius 1 is 1.04 bits per heavy atom. The van der Waals surface area contributed by atoms with E-state index in [2.05, 4.69) is 64.2 Å². The molecule has 0 atom stereocenters. The van der Waals surface area contributed by atoms with Crippen LogP contribution >= 0.6 is 0 Å². The van der Waals surface area contributed by atoms with Crippen molar-refractivity contribution in [3.8, 4) is 6.07 Å². The molecule has 0 aromatic heterocycles. The molecule has 1 heterocycles. The van der Waals surface area contributed by atoms with Crippen LogP contribution in [0.5, 0.6) is 0 Å². The summed E-state index contributed by atoms with van der Waals surface area (Å²) in [5.41, 5.74) is 16.0. The highest BCUT2D eigenvalue weighted by molar-refractivity contribution is 5.37. The third-order valence-corrected chi connectivity index (χ3v) is 3.81. The maximum Gasteiger partial charge on any atom is 0.111 e. The Hall–Kier alpha value is -2.27. The van der Waals surface area contributed by atoms with E-state index >= 15 is 0 Å². The van der Waals surface area contributed by atoms with Crippen LogP contribution in [0.15, 0.2) is 48.5 Å². The Labute approximate surface area is 136 Å². The van der Waals surface area contributed by atoms with Gasteiger partial charge < -0.3 is 0 Å². The summed E-state index contributed by atoms with van der Waals surface area (Å²) in [5.74, 6) is 0. The van der Waals surface area contributed by atoms with E-state index in [1.54, 1.807) is 0 Å². The minimum absolute atomic E-state index is 0.0413. The molecule has 0 radical (unpaired) electrons. The summed E-state index contributed by atoms with van der Waals surface area (Å²) in [5, 5.41) is 9.18. The first-order chi connectivity index (χ1) is 11.3. The van der Waals surface area contributed by atoms with Gasteiger partial charge >= 0.3 is 0 Å². The normalized spacial score (nSPS) is 15.0. The average Bonchev–Trinajstić information content (AvgIpc) is 3.10. The van der Waals surface area contributed by atoms with Gasteiger partial charge in [-0.05, 0) is 29.8 Å². The first-order valence-electron chi connectivity index (χ1n) is 7.53. The Morgan fingerprint density at radius 2 is 1.83 bits per heavy atom. The lowest BCUT2D eigenvalue weighted by Gasteiger charge is -2.18. The van der Waals surface area contributed by atoms with Crippen LogP contribution in [0.3, 0.4) is 0 Å². The fourth-order valence-electron chi connectivity index (χ4n) is 2.72. The van der Waals surface area contributed by atoms with Gasteiger partial charge in [-0.1, -0.05) is 42.5 Å². The van der Waals surface area contributed by atoms with Crippen molar-refractivity contribution in [2.75, 3.05) is 7.05 Å². The van der Waals surface area contributed by atoms with Gasteiger partial charge in [0.05, 0.1) is 11.6 Å². The lowest BCUT2D eigenvalue weighted by molar-refractivity contribution is 0.318. The molecule has 0 saturated carbocycles. The molecule has 6 nitrogen and oxygen atoms in total. The SMILES string of the molecule is CN(Cc1cccc(C2NNNN2)c1)Cc1ccccc1C#N. The summed E-state index contributed by atoms with van der Waals surface area (Å²) in [6.45, 7) is 1.57. The summed E-state index contributed by atoms with van der Waals surface area (Å²) in [6.07, 6.45) is 0.0413. The molecule has 0 bridgehead atoms. The molecular weight excluding hydrogens is 288 g/mol. The van der Waals surface area contributed by atoms with Crippen molar-refractivity contribution in [1.29, 1.82) is 5.26 Å². The van der Waals surface area contributed by atoms with Crippen LogP contribution in [-0.2, 0) is 13.1 Å². The molecule has 0 unspecified atom stereocenters. The second kappa shape index (κ2) is 7.33. The van der Waals surface area contributed by atoms with Gasteiger partial charge in [-0.25, -0.2) is 10.9 Å². The summed E-state index contributed by atoms with van der Waals surface area (Å²) < 4.78 is 0. The van der Waals surface area contributed by atoms with E-state index in [-0.39, 0.29) is 6.17 Å². The van der Waals surface area contributed by atoms with Gasteiger partial charge in [0, 0.05) is 13.1 Å². The first kappa shape index (κ1) is 15.6. The zero-order valence-electron chi connectivity index (χ0n) is 13.0. The third kappa shape index (κ3) is 3.93. The van der Waals surface area contributed by atoms with E-state index in [9.17, 15) is 5.26 Å². The van der Waals surface area contributed by atoms with Crippen molar-refractivity contribution in [2.24, 2.45) is 0 Å². The number of hydrogen-bond donors (Lipinski definition) is 4. The van der Waals surface area contributed by atoms with Gasteiger partial charge in [0.1, 0.15) is 6.17 Å². The largest absolute Gasteiger partial charge is 0.298 e. The third-order valence-electron chi connectivity index (χ3n) is 3.81. The minimum atomic E-state index is 0.0413. The molecule has 1 aliphatic rings. The van der Waals surface area contributed by atoms with Crippen LogP contribution in [0.25, 0.3) is 0 Å². The number of nitrogens with one attached hydrogen (secondary N) is 4. The Bertz CT molecular complexity index is 702. The summed E-state index contributed by atoms with van der Waals surface area (Å²) in [7, 11) is 2.07. The zero-order valence-corrected chi connectivity index (χ0v) is 13.0. The second-order valence-electron chi connectivity index (χ2n) is 5.66. The van der Waals surface area contributed by atoms with Gasteiger partial charge in [-0.2, -0.15) is 16.3 Å². The number of hydrogen-bond acceptors (Lipinski definition) is 6. The van der Waals surface area contributed by atoms with Crippen LogP contribution in [-0.4, -0.2) is 11.9 Å². The van der Waals surface area contributed by atoms with Crippen molar-refractivity contribution in [3.63, 3.8) is 0 Å². The highest BCUT2D eigenvalue weighted by Crippen LogP contribution is 2.16. The quantitative estimate of drug-likeness (QED) is 0.667. The number of hydrazine groups is 3. The smallest absolute Gasteiger partial charge is 0.111 e. The molecule has 2 aromatic rings.